The summed E-state index contributed by atoms with van der Waals surface area (Å²) in [6, 6.07) is 0. The van der Waals surface area contributed by atoms with Gasteiger partial charge in [0.2, 0.25) is 0 Å². The Morgan fingerprint density at radius 1 is 1.67 bits per heavy atom. The van der Waals surface area contributed by atoms with Crippen LogP contribution in [0.15, 0.2) is 0 Å². The molecular weight excluding hydrogens is 182 g/mol. The molecule has 2 atom stereocenters. The van der Waals surface area contributed by atoms with Crippen LogP contribution < -0.4 is 0 Å². The predicted molar refractivity (Wildman–Crippen MR) is 46.7 cm³/mol. The van der Waals surface area contributed by atoms with E-state index in [4.69, 9.17) is 5.11 Å². The molecule has 0 amide bonds. The number of halogens is 2. The fraction of sp³-hybridized carbons (Fsp3) is 1.00. The number of hydrogen-bond acceptors (Lipinski definition) is 2. The first-order valence-corrected chi connectivity index (χ1v) is 5.31. The average molecular weight is 196 g/mol. The van der Waals surface area contributed by atoms with E-state index in [1.54, 1.807) is 11.8 Å². The molecule has 1 aliphatic heterocycles. The summed E-state index contributed by atoms with van der Waals surface area (Å²) in [6.45, 7) is 1.15. The molecule has 4 heteroatoms. The van der Waals surface area contributed by atoms with Crippen molar-refractivity contribution in [2.45, 2.75) is 31.8 Å². The Balaban J connectivity index is 2.37. The SMILES string of the molecule is CC(O)C(F)(F)CC1CCSC1. The van der Waals surface area contributed by atoms with Gasteiger partial charge in [-0.25, -0.2) is 8.78 Å². The van der Waals surface area contributed by atoms with Crippen molar-refractivity contribution >= 4 is 11.8 Å². The van der Waals surface area contributed by atoms with E-state index < -0.39 is 12.0 Å². The highest BCUT2D eigenvalue weighted by atomic mass is 32.2. The van der Waals surface area contributed by atoms with Gasteiger partial charge >= 0.3 is 0 Å². The van der Waals surface area contributed by atoms with Gasteiger partial charge in [0.05, 0.1) is 0 Å². The summed E-state index contributed by atoms with van der Waals surface area (Å²) >= 11 is 1.72. The topological polar surface area (TPSA) is 20.2 Å². The summed E-state index contributed by atoms with van der Waals surface area (Å²) in [6.07, 6.45) is -0.798. The lowest BCUT2D eigenvalue weighted by Crippen LogP contribution is -2.33. The van der Waals surface area contributed by atoms with Crippen LogP contribution in [0.2, 0.25) is 0 Å². The minimum Gasteiger partial charge on any atom is -0.387 e. The van der Waals surface area contributed by atoms with E-state index in [0.717, 1.165) is 24.9 Å². The van der Waals surface area contributed by atoms with Crippen molar-refractivity contribution in [2.24, 2.45) is 5.92 Å². The summed E-state index contributed by atoms with van der Waals surface area (Å²) in [4.78, 5) is 0. The van der Waals surface area contributed by atoms with E-state index in [9.17, 15) is 8.78 Å². The summed E-state index contributed by atoms with van der Waals surface area (Å²) in [5.41, 5.74) is 0. The number of rotatable bonds is 3. The second kappa shape index (κ2) is 3.92. The van der Waals surface area contributed by atoms with Crippen LogP contribution in [0.1, 0.15) is 19.8 Å². The van der Waals surface area contributed by atoms with E-state index in [1.807, 2.05) is 0 Å². The molecule has 0 aromatic heterocycles. The Morgan fingerprint density at radius 2 is 2.33 bits per heavy atom. The average Bonchev–Trinajstić information content (AvgIpc) is 2.38. The van der Waals surface area contributed by atoms with Crippen molar-refractivity contribution in [1.29, 1.82) is 0 Å². The summed E-state index contributed by atoms with van der Waals surface area (Å²) in [7, 11) is 0. The molecular formula is C8H14F2OS. The summed E-state index contributed by atoms with van der Waals surface area (Å²) in [5.74, 6) is -0.988. The van der Waals surface area contributed by atoms with Crippen molar-refractivity contribution in [2.75, 3.05) is 11.5 Å². The molecule has 1 N–H and O–H groups in total. The van der Waals surface area contributed by atoms with Gasteiger partial charge in [-0.15, -0.1) is 0 Å². The molecule has 0 spiro atoms. The molecule has 1 saturated heterocycles. The fourth-order valence-electron chi connectivity index (χ4n) is 1.30. The van der Waals surface area contributed by atoms with Crippen LogP contribution in [-0.4, -0.2) is 28.6 Å². The third kappa shape index (κ3) is 2.59. The second-order valence-corrected chi connectivity index (χ2v) is 4.52. The van der Waals surface area contributed by atoms with Crippen LogP contribution in [0.5, 0.6) is 0 Å². The number of aliphatic hydroxyl groups excluding tert-OH is 1. The first-order chi connectivity index (χ1) is 5.52. The van der Waals surface area contributed by atoms with E-state index >= 15 is 0 Å². The van der Waals surface area contributed by atoms with Crippen molar-refractivity contribution < 1.29 is 13.9 Å². The maximum absolute atomic E-state index is 12.9. The molecule has 0 saturated carbocycles. The van der Waals surface area contributed by atoms with Gasteiger partial charge in [-0.3, -0.25) is 0 Å². The maximum Gasteiger partial charge on any atom is 0.273 e. The van der Waals surface area contributed by atoms with E-state index in [-0.39, 0.29) is 12.3 Å². The first-order valence-electron chi connectivity index (χ1n) is 4.16. The van der Waals surface area contributed by atoms with Gasteiger partial charge in [0.25, 0.3) is 5.92 Å². The van der Waals surface area contributed by atoms with Crippen LogP contribution in [0, 0.1) is 5.92 Å². The first kappa shape index (κ1) is 10.3. The molecule has 0 aromatic rings. The van der Waals surface area contributed by atoms with Crippen molar-refractivity contribution in [3.63, 3.8) is 0 Å². The summed E-state index contributed by atoms with van der Waals surface area (Å²) in [5, 5.41) is 8.78. The monoisotopic (exact) mass is 196 g/mol. The van der Waals surface area contributed by atoms with Crippen LogP contribution in [0.4, 0.5) is 8.78 Å². The predicted octanol–water partition coefficient (Wildman–Crippen LogP) is 2.15. The van der Waals surface area contributed by atoms with Gasteiger partial charge in [0, 0.05) is 6.42 Å². The molecule has 0 bridgehead atoms. The third-order valence-electron chi connectivity index (χ3n) is 2.20. The van der Waals surface area contributed by atoms with Crippen LogP contribution >= 0.6 is 11.8 Å². The van der Waals surface area contributed by atoms with E-state index in [1.165, 1.54) is 0 Å². The Hall–Kier alpha value is 0.170. The van der Waals surface area contributed by atoms with Gasteiger partial charge in [-0.1, -0.05) is 0 Å². The summed E-state index contributed by atoms with van der Waals surface area (Å²) < 4.78 is 25.9. The minimum absolute atomic E-state index is 0.0969. The Morgan fingerprint density at radius 3 is 2.75 bits per heavy atom. The molecule has 0 aliphatic carbocycles. The lowest BCUT2D eigenvalue weighted by atomic mass is 9.98. The second-order valence-electron chi connectivity index (χ2n) is 3.37. The molecule has 1 nitrogen and oxygen atoms in total. The fourth-order valence-corrected chi connectivity index (χ4v) is 2.58. The molecule has 0 radical (unpaired) electrons. The van der Waals surface area contributed by atoms with Gasteiger partial charge in [0.15, 0.2) is 0 Å². The largest absolute Gasteiger partial charge is 0.387 e. The highest BCUT2D eigenvalue weighted by Gasteiger charge is 2.38. The van der Waals surface area contributed by atoms with Crippen molar-refractivity contribution in [1.82, 2.24) is 0 Å². The van der Waals surface area contributed by atoms with E-state index in [0.29, 0.717) is 0 Å². The standard InChI is InChI=1S/C8H14F2OS/c1-6(11)8(9,10)4-7-2-3-12-5-7/h6-7,11H,2-5H2,1H3. The lowest BCUT2D eigenvalue weighted by Gasteiger charge is -2.22. The molecule has 2 unspecified atom stereocenters. The number of alkyl halides is 2. The molecule has 1 rings (SSSR count). The zero-order valence-corrected chi connectivity index (χ0v) is 7.91. The molecule has 0 aromatic carbocycles. The lowest BCUT2D eigenvalue weighted by molar-refractivity contribution is -0.112. The highest BCUT2D eigenvalue weighted by molar-refractivity contribution is 7.99. The zero-order chi connectivity index (χ0) is 9.19. The number of hydrogen-bond donors (Lipinski definition) is 1. The molecule has 1 heterocycles. The third-order valence-corrected chi connectivity index (χ3v) is 3.43. The van der Waals surface area contributed by atoms with Crippen LogP contribution in [0.25, 0.3) is 0 Å². The molecule has 1 fully saturated rings. The minimum atomic E-state index is -2.89. The molecule has 1 aliphatic rings. The van der Waals surface area contributed by atoms with Gasteiger partial charge in [-0.05, 0) is 30.8 Å². The Labute approximate surface area is 75.5 Å². The van der Waals surface area contributed by atoms with Crippen molar-refractivity contribution in [3.05, 3.63) is 0 Å². The molecule has 12 heavy (non-hydrogen) atoms. The molecule has 72 valence electrons. The van der Waals surface area contributed by atoms with Gasteiger partial charge in [-0.2, -0.15) is 11.8 Å². The Kier molecular flexibility index (Phi) is 3.35. The number of aliphatic hydroxyl groups is 1. The van der Waals surface area contributed by atoms with Crippen LogP contribution in [-0.2, 0) is 0 Å². The Bertz CT molecular complexity index is 144. The van der Waals surface area contributed by atoms with Crippen LogP contribution in [0.3, 0.4) is 0 Å². The zero-order valence-electron chi connectivity index (χ0n) is 7.09. The maximum atomic E-state index is 12.9. The number of thioether (sulfide) groups is 1. The highest BCUT2D eigenvalue weighted by Crippen LogP contribution is 2.34. The normalized spacial score (nSPS) is 27.5. The van der Waals surface area contributed by atoms with E-state index in [2.05, 4.69) is 0 Å². The van der Waals surface area contributed by atoms with Gasteiger partial charge < -0.3 is 5.11 Å². The quantitative estimate of drug-likeness (QED) is 0.746. The van der Waals surface area contributed by atoms with Gasteiger partial charge in [0.1, 0.15) is 6.10 Å². The smallest absolute Gasteiger partial charge is 0.273 e. The van der Waals surface area contributed by atoms with Crippen molar-refractivity contribution in [3.8, 4) is 0 Å².